The van der Waals surface area contributed by atoms with Gasteiger partial charge >= 0.3 is 0 Å². The summed E-state index contributed by atoms with van der Waals surface area (Å²) >= 11 is 9.11. The molecule has 0 spiro atoms. The molecule has 1 heterocycles. The summed E-state index contributed by atoms with van der Waals surface area (Å²) in [5, 5.41) is 0. The zero-order chi connectivity index (χ0) is 14.4. The molecule has 2 saturated carbocycles. The van der Waals surface area contributed by atoms with Crippen LogP contribution in [-0.2, 0) is 5.41 Å². The lowest BCUT2D eigenvalue weighted by Gasteiger charge is -2.41. The van der Waals surface area contributed by atoms with Crippen LogP contribution in [0, 0.1) is 4.64 Å². The largest absolute Gasteiger partial charge is 0.345 e. The maximum Gasteiger partial charge on any atom is 0.144 e. The molecule has 2 aliphatic carbocycles. The minimum absolute atomic E-state index is 0.0408. The maximum absolute atomic E-state index is 5.49. The lowest BCUT2D eigenvalue weighted by atomic mass is 9.64. The molecule has 2 nitrogen and oxygen atoms in total. The first-order chi connectivity index (χ1) is 10.2. The van der Waals surface area contributed by atoms with Gasteiger partial charge in [-0.3, -0.25) is 0 Å². The fraction of sp³-hybridized carbons (Fsp3) is 0.412. The number of nitrogens with zero attached hydrogens (tertiary/aromatic N) is 1. The van der Waals surface area contributed by atoms with Crippen LogP contribution in [0.15, 0.2) is 34.8 Å². The molecule has 1 aromatic heterocycles. The van der Waals surface area contributed by atoms with Crippen molar-refractivity contribution in [3.8, 4) is 0 Å². The second kappa shape index (κ2) is 5.03. The Kier molecular flexibility index (Phi) is 3.27. The standard InChI is InChI=1S/C17H17BrN2S/c18-13-14(11-7-8-11)19-16(20-15(13)21)17(9-4-10-17)12-5-2-1-3-6-12/h1-3,5-6,11H,4,7-10H2,(H,19,20,21). The van der Waals surface area contributed by atoms with Crippen molar-refractivity contribution < 1.29 is 0 Å². The van der Waals surface area contributed by atoms with Crippen molar-refractivity contribution in [3.63, 3.8) is 0 Å². The minimum Gasteiger partial charge on any atom is -0.345 e. The van der Waals surface area contributed by atoms with Crippen molar-refractivity contribution in [1.82, 2.24) is 9.97 Å². The van der Waals surface area contributed by atoms with Crippen LogP contribution >= 0.6 is 28.1 Å². The molecule has 2 aromatic rings. The highest BCUT2D eigenvalue weighted by molar-refractivity contribution is 9.10. The average Bonchev–Trinajstić information content (AvgIpc) is 3.27. The normalized spacial score (nSPS) is 20.0. The van der Waals surface area contributed by atoms with Crippen LogP contribution in [0.2, 0.25) is 0 Å². The number of nitrogens with one attached hydrogen (secondary N) is 1. The van der Waals surface area contributed by atoms with E-state index in [0.717, 1.165) is 23.1 Å². The van der Waals surface area contributed by atoms with Crippen LogP contribution < -0.4 is 0 Å². The number of H-pyrrole nitrogens is 1. The molecule has 1 N–H and O–H groups in total. The van der Waals surface area contributed by atoms with E-state index in [2.05, 4.69) is 51.2 Å². The predicted octanol–water partition coefficient (Wildman–Crippen LogP) is 5.25. The fourth-order valence-electron chi connectivity index (χ4n) is 3.31. The van der Waals surface area contributed by atoms with Crippen molar-refractivity contribution in [2.24, 2.45) is 0 Å². The van der Waals surface area contributed by atoms with Gasteiger partial charge in [-0.05, 0) is 47.2 Å². The number of hydrogen-bond donors (Lipinski definition) is 1. The first kappa shape index (κ1) is 13.6. The van der Waals surface area contributed by atoms with Crippen molar-refractivity contribution in [3.05, 3.63) is 56.5 Å². The molecule has 0 bridgehead atoms. The van der Waals surface area contributed by atoms with E-state index in [1.165, 1.54) is 30.5 Å². The highest BCUT2D eigenvalue weighted by atomic mass is 79.9. The molecule has 0 atom stereocenters. The number of benzene rings is 1. The SMILES string of the molecule is S=c1nc(C2(c3ccccc3)CCC2)[nH]c(C2CC2)c1Br. The first-order valence-electron chi connectivity index (χ1n) is 7.56. The van der Waals surface area contributed by atoms with Gasteiger partial charge in [-0.1, -0.05) is 49.0 Å². The summed E-state index contributed by atoms with van der Waals surface area (Å²) in [6.45, 7) is 0. The van der Waals surface area contributed by atoms with Crippen LogP contribution in [0.25, 0.3) is 0 Å². The summed E-state index contributed by atoms with van der Waals surface area (Å²) in [6.07, 6.45) is 6.07. The van der Waals surface area contributed by atoms with Gasteiger partial charge in [0.25, 0.3) is 0 Å². The van der Waals surface area contributed by atoms with Gasteiger partial charge in [-0.25, -0.2) is 4.98 Å². The van der Waals surface area contributed by atoms with E-state index in [1.54, 1.807) is 0 Å². The second-order valence-corrected chi connectivity index (χ2v) is 7.37. The molecule has 4 heteroatoms. The Hall–Kier alpha value is -1.00. The summed E-state index contributed by atoms with van der Waals surface area (Å²) in [6, 6.07) is 10.7. The summed E-state index contributed by atoms with van der Waals surface area (Å²) in [4.78, 5) is 8.36. The van der Waals surface area contributed by atoms with Gasteiger partial charge in [0.15, 0.2) is 0 Å². The average molecular weight is 361 g/mol. The van der Waals surface area contributed by atoms with Crippen LogP contribution in [0.3, 0.4) is 0 Å². The van der Waals surface area contributed by atoms with E-state index in [9.17, 15) is 0 Å². The highest BCUT2D eigenvalue weighted by Crippen LogP contribution is 2.49. The molecular weight excluding hydrogens is 344 g/mol. The van der Waals surface area contributed by atoms with E-state index in [4.69, 9.17) is 17.2 Å². The van der Waals surface area contributed by atoms with Crippen molar-refractivity contribution >= 4 is 28.1 Å². The molecule has 1 aromatic carbocycles. The molecule has 2 fully saturated rings. The molecule has 21 heavy (non-hydrogen) atoms. The van der Waals surface area contributed by atoms with Gasteiger partial charge in [-0.2, -0.15) is 0 Å². The lowest BCUT2D eigenvalue weighted by Crippen LogP contribution is -2.37. The minimum atomic E-state index is 0.0408. The van der Waals surface area contributed by atoms with E-state index in [1.807, 2.05) is 0 Å². The number of rotatable bonds is 3. The molecule has 108 valence electrons. The number of aromatic amines is 1. The molecule has 4 rings (SSSR count). The van der Waals surface area contributed by atoms with Crippen molar-refractivity contribution in [2.75, 3.05) is 0 Å². The van der Waals surface area contributed by atoms with E-state index >= 15 is 0 Å². The third kappa shape index (κ3) is 2.20. The smallest absolute Gasteiger partial charge is 0.144 e. The monoisotopic (exact) mass is 360 g/mol. The third-order valence-corrected chi connectivity index (χ3v) is 6.22. The Labute approximate surface area is 138 Å². The Balaban J connectivity index is 1.87. The van der Waals surface area contributed by atoms with Crippen molar-refractivity contribution in [2.45, 2.75) is 43.4 Å². The molecular formula is C17H17BrN2S. The molecule has 0 unspecified atom stereocenters. The molecule has 2 aliphatic rings. The number of halogens is 1. The summed E-state index contributed by atoms with van der Waals surface area (Å²) < 4.78 is 1.69. The molecule has 0 saturated heterocycles. The fourth-order valence-corrected chi connectivity index (χ4v) is 4.02. The molecule has 0 aliphatic heterocycles. The van der Waals surface area contributed by atoms with E-state index in [0.29, 0.717) is 10.6 Å². The van der Waals surface area contributed by atoms with Crippen LogP contribution in [0.5, 0.6) is 0 Å². The van der Waals surface area contributed by atoms with Gasteiger partial charge in [0.2, 0.25) is 0 Å². The van der Waals surface area contributed by atoms with Gasteiger partial charge in [0, 0.05) is 11.6 Å². The second-order valence-electron chi connectivity index (χ2n) is 6.19. The number of hydrogen-bond acceptors (Lipinski definition) is 2. The quantitative estimate of drug-likeness (QED) is 0.757. The summed E-state index contributed by atoms with van der Waals surface area (Å²) in [7, 11) is 0. The van der Waals surface area contributed by atoms with Crippen LogP contribution in [-0.4, -0.2) is 9.97 Å². The zero-order valence-corrected chi connectivity index (χ0v) is 14.1. The van der Waals surface area contributed by atoms with Gasteiger partial charge in [0.05, 0.1) is 9.89 Å². The lowest BCUT2D eigenvalue weighted by molar-refractivity contribution is 0.284. The van der Waals surface area contributed by atoms with E-state index < -0.39 is 0 Å². The summed E-state index contributed by atoms with van der Waals surface area (Å²) in [5.41, 5.74) is 2.66. The van der Waals surface area contributed by atoms with Gasteiger partial charge in [-0.15, -0.1) is 0 Å². The summed E-state index contributed by atoms with van der Waals surface area (Å²) in [5.74, 6) is 1.70. The predicted molar refractivity (Wildman–Crippen MR) is 90.2 cm³/mol. The van der Waals surface area contributed by atoms with Crippen LogP contribution in [0.1, 0.15) is 55.1 Å². The Morgan fingerprint density at radius 1 is 1.19 bits per heavy atom. The topological polar surface area (TPSA) is 28.7 Å². The van der Waals surface area contributed by atoms with Crippen molar-refractivity contribution in [1.29, 1.82) is 0 Å². The van der Waals surface area contributed by atoms with Crippen LogP contribution in [0.4, 0.5) is 0 Å². The first-order valence-corrected chi connectivity index (χ1v) is 8.76. The third-order valence-electron chi connectivity index (χ3n) is 4.86. The highest BCUT2D eigenvalue weighted by Gasteiger charge is 2.43. The van der Waals surface area contributed by atoms with Gasteiger partial charge < -0.3 is 4.98 Å². The maximum atomic E-state index is 5.49. The number of aromatic nitrogens is 2. The van der Waals surface area contributed by atoms with Gasteiger partial charge in [0.1, 0.15) is 10.5 Å². The zero-order valence-electron chi connectivity index (χ0n) is 11.7. The molecule has 0 radical (unpaired) electrons. The Morgan fingerprint density at radius 2 is 1.90 bits per heavy atom. The van der Waals surface area contributed by atoms with E-state index in [-0.39, 0.29) is 5.41 Å². The Morgan fingerprint density at radius 3 is 2.48 bits per heavy atom. The Bertz CT molecular complexity index is 730. The molecule has 0 amide bonds.